The molecule has 0 N–H and O–H groups in total. The number of methoxy groups -OCH3 is 1. The lowest BCUT2D eigenvalue weighted by atomic mass is 10.1. The van der Waals surface area contributed by atoms with Gasteiger partial charge in [0.1, 0.15) is 17.6 Å². The van der Waals surface area contributed by atoms with Crippen LogP contribution in [0.4, 0.5) is 14.9 Å². The number of esters is 1. The average molecular weight is 414 g/mol. The molecule has 30 heavy (non-hydrogen) atoms. The number of imide groups is 1. The van der Waals surface area contributed by atoms with Crippen LogP contribution in [0, 0.1) is 5.82 Å². The third-order valence-corrected chi connectivity index (χ3v) is 4.87. The highest BCUT2D eigenvalue weighted by Crippen LogP contribution is 2.27. The zero-order valence-electron chi connectivity index (χ0n) is 16.8. The summed E-state index contributed by atoms with van der Waals surface area (Å²) in [5, 5.41) is 0. The molecule has 7 nitrogen and oxygen atoms in total. The van der Waals surface area contributed by atoms with Gasteiger partial charge in [-0.15, -0.1) is 0 Å². The van der Waals surface area contributed by atoms with E-state index >= 15 is 0 Å². The van der Waals surface area contributed by atoms with Gasteiger partial charge in [0.15, 0.2) is 0 Å². The maximum absolute atomic E-state index is 13.3. The van der Waals surface area contributed by atoms with Gasteiger partial charge in [-0.05, 0) is 55.3 Å². The van der Waals surface area contributed by atoms with Gasteiger partial charge in [-0.3, -0.25) is 9.59 Å². The number of carbonyl (C=O) groups excluding carboxylic acids is 3. The molecule has 158 valence electrons. The van der Waals surface area contributed by atoms with E-state index in [2.05, 4.69) is 0 Å². The van der Waals surface area contributed by atoms with Gasteiger partial charge in [-0.25, -0.2) is 14.1 Å². The number of halogens is 1. The Bertz CT molecular complexity index is 914. The normalized spacial score (nSPS) is 16.2. The molecule has 1 aliphatic heterocycles. The number of rotatable bonds is 8. The number of nitrogens with zero attached hydrogens (tertiary/aromatic N) is 2. The predicted molar refractivity (Wildman–Crippen MR) is 108 cm³/mol. The Balaban J connectivity index is 1.82. The Hall–Kier alpha value is -3.42. The lowest BCUT2D eigenvalue weighted by Crippen LogP contribution is -2.38. The first kappa shape index (κ1) is 21.3. The minimum Gasteiger partial charge on any atom is -0.497 e. The fraction of sp³-hybridized carbons (Fsp3) is 0.318. The number of anilines is 1. The third kappa shape index (κ3) is 4.59. The molecular formula is C22H23FN2O5. The van der Waals surface area contributed by atoms with Crippen molar-refractivity contribution < 1.29 is 28.2 Å². The first-order valence-electron chi connectivity index (χ1n) is 9.63. The third-order valence-electron chi connectivity index (χ3n) is 4.87. The van der Waals surface area contributed by atoms with Crippen LogP contribution < -0.4 is 9.64 Å². The molecule has 3 amide bonds. The number of benzene rings is 2. The molecule has 0 aliphatic carbocycles. The molecule has 2 aromatic rings. The van der Waals surface area contributed by atoms with Crippen molar-refractivity contribution >= 4 is 23.6 Å². The zero-order chi connectivity index (χ0) is 21.7. The molecule has 0 spiro atoms. The summed E-state index contributed by atoms with van der Waals surface area (Å²) in [7, 11) is 1.58. The van der Waals surface area contributed by atoms with E-state index in [9.17, 15) is 18.8 Å². The van der Waals surface area contributed by atoms with E-state index in [1.54, 1.807) is 14.0 Å². The Kier molecular flexibility index (Phi) is 6.66. The second-order valence-corrected chi connectivity index (χ2v) is 6.75. The Morgan fingerprint density at radius 1 is 1.07 bits per heavy atom. The molecule has 0 radical (unpaired) electrons. The van der Waals surface area contributed by atoms with Crippen LogP contribution in [-0.2, 0) is 20.7 Å². The minimum absolute atomic E-state index is 0.182. The number of amides is 3. The molecule has 1 aliphatic rings. The summed E-state index contributed by atoms with van der Waals surface area (Å²) in [6, 6.07) is 10.9. The van der Waals surface area contributed by atoms with Crippen LogP contribution in [0.5, 0.6) is 5.75 Å². The quantitative estimate of drug-likeness (QED) is 0.490. The molecule has 3 rings (SSSR count). The van der Waals surface area contributed by atoms with Crippen LogP contribution in [-0.4, -0.2) is 49.1 Å². The van der Waals surface area contributed by atoms with Crippen LogP contribution >= 0.6 is 0 Å². The summed E-state index contributed by atoms with van der Waals surface area (Å²) in [6.45, 7) is 2.09. The predicted octanol–water partition coefficient (Wildman–Crippen LogP) is 3.17. The van der Waals surface area contributed by atoms with Crippen molar-refractivity contribution in [2.75, 3.05) is 25.2 Å². The SMILES string of the molecule is CCOC(=O)CC1C(=O)N(c2ccc(F)cc2)C(=O)N1CCc1ccc(OC)cc1. The Morgan fingerprint density at radius 2 is 1.73 bits per heavy atom. The fourth-order valence-corrected chi connectivity index (χ4v) is 3.33. The molecule has 0 aromatic heterocycles. The minimum atomic E-state index is -0.972. The zero-order valence-corrected chi connectivity index (χ0v) is 16.8. The maximum Gasteiger partial charge on any atom is 0.332 e. The fourth-order valence-electron chi connectivity index (χ4n) is 3.33. The van der Waals surface area contributed by atoms with Crippen molar-refractivity contribution in [2.24, 2.45) is 0 Å². The number of hydrogen-bond donors (Lipinski definition) is 0. The van der Waals surface area contributed by atoms with Gasteiger partial charge in [-0.1, -0.05) is 12.1 Å². The van der Waals surface area contributed by atoms with Gasteiger partial charge in [0, 0.05) is 6.54 Å². The largest absolute Gasteiger partial charge is 0.497 e. The molecule has 8 heteroatoms. The summed E-state index contributed by atoms with van der Waals surface area (Å²) in [4.78, 5) is 40.4. The smallest absolute Gasteiger partial charge is 0.332 e. The van der Waals surface area contributed by atoms with Gasteiger partial charge < -0.3 is 14.4 Å². The summed E-state index contributed by atoms with van der Waals surface area (Å²) in [5.74, 6) is -0.848. The lowest BCUT2D eigenvalue weighted by Gasteiger charge is -2.21. The molecule has 2 aromatic carbocycles. The Morgan fingerprint density at radius 3 is 2.33 bits per heavy atom. The van der Waals surface area contributed by atoms with Crippen molar-refractivity contribution in [3.8, 4) is 5.75 Å². The maximum atomic E-state index is 13.3. The molecule has 1 fully saturated rings. The van der Waals surface area contributed by atoms with Gasteiger partial charge in [-0.2, -0.15) is 0 Å². The van der Waals surface area contributed by atoms with E-state index in [1.165, 1.54) is 29.2 Å². The van der Waals surface area contributed by atoms with E-state index in [-0.39, 0.29) is 25.3 Å². The molecular weight excluding hydrogens is 391 g/mol. The second-order valence-electron chi connectivity index (χ2n) is 6.75. The van der Waals surface area contributed by atoms with Gasteiger partial charge in [0.25, 0.3) is 5.91 Å². The van der Waals surface area contributed by atoms with E-state index in [0.29, 0.717) is 12.2 Å². The second kappa shape index (κ2) is 9.39. The van der Waals surface area contributed by atoms with Gasteiger partial charge >= 0.3 is 12.0 Å². The topological polar surface area (TPSA) is 76.2 Å². The summed E-state index contributed by atoms with van der Waals surface area (Å²) >= 11 is 0. The summed E-state index contributed by atoms with van der Waals surface area (Å²) in [6.07, 6.45) is 0.248. The van der Waals surface area contributed by atoms with Crippen LogP contribution in [0.2, 0.25) is 0 Å². The number of hydrogen-bond acceptors (Lipinski definition) is 5. The van der Waals surface area contributed by atoms with Crippen LogP contribution in [0.25, 0.3) is 0 Å². The van der Waals surface area contributed by atoms with Crippen molar-refractivity contribution in [3.63, 3.8) is 0 Å². The highest BCUT2D eigenvalue weighted by Gasteiger charge is 2.46. The summed E-state index contributed by atoms with van der Waals surface area (Å²) in [5.41, 5.74) is 1.21. The number of carbonyl (C=O) groups is 3. The van der Waals surface area contributed by atoms with E-state index < -0.39 is 29.8 Å². The molecule has 1 heterocycles. The molecule has 1 unspecified atom stereocenters. The first-order chi connectivity index (χ1) is 14.4. The molecule has 1 atom stereocenters. The Labute approximate surface area is 174 Å². The van der Waals surface area contributed by atoms with Crippen molar-refractivity contribution in [1.29, 1.82) is 0 Å². The van der Waals surface area contributed by atoms with Gasteiger partial charge in [0.05, 0.1) is 25.8 Å². The molecule has 1 saturated heterocycles. The summed E-state index contributed by atoms with van der Waals surface area (Å²) < 4.78 is 23.4. The van der Waals surface area contributed by atoms with Crippen molar-refractivity contribution in [3.05, 3.63) is 59.9 Å². The monoisotopic (exact) mass is 414 g/mol. The molecule has 0 bridgehead atoms. The van der Waals surface area contributed by atoms with Crippen molar-refractivity contribution in [2.45, 2.75) is 25.8 Å². The van der Waals surface area contributed by atoms with Crippen molar-refractivity contribution in [1.82, 2.24) is 4.90 Å². The van der Waals surface area contributed by atoms with Crippen LogP contribution in [0.1, 0.15) is 18.9 Å². The highest BCUT2D eigenvalue weighted by molar-refractivity contribution is 6.21. The van der Waals surface area contributed by atoms with E-state index in [0.717, 1.165) is 10.5 Å². The van der Waals surface area contributed by atoms with Crippen LogP contribution in [0.15, 0.2) is 48.5 Å². The average Bonchev–Trinajstić information content (AvgIpc) is 2.97. The molecule has 0 saturated carbocycles. The van der Waals surface area contributed by atoms with E-state index in [1.807, 2.05) is 24.3 Å². The number of urea groups is 1. The van der Waals surface area contributed by atoms with Gasteiger partial charge in [0.2, 0.25) is 0 Å². The first-order valence-corrected chi connectivity index (χ1v) is 9.63. The highest BCUT2D eigenvalue weighted by atomic mass is 19.1. The lowest BCUT2D eigenvalue weighted by molar-refractivity contribution is -0.145. The number of ether oxygens (including phenoxy) is 2. The van der Waals surface area contributed by atoms with Crippen LogP contribution in [0.3, 0.4) is 0 Å². The standard InChI is InChI=1S/C22H23FN2O5/c1-3-30-20(26)14-19-21(27)25(17-8-6-16(23)7-9-17)22(28)24(19)13-12-15-4-10-18(29-2)11-5-15/h4-11,19H,3,12-14H2,1-2H3. The van der Waals surface area contributed by atoms with E-state index in [4.69, 9.17) is 9.47 Å².